The number of nitrogens with one attached hydrogen (secondary N) is 2. The summed E-state index contributed by atoms with van der Waals surface area (Å²) in [5.41, 5.74) is 9.36. The summed E-state index contributed by atoms with van der Waals surface area (Å²) in [7, 11) is 0. The zero-order chi connectivity index (χ0) is 16.9. The second kappa shape index (κ2) is 6.67. The van der Waals surface area contributed by atoms with E-state index in [1.54, 1.807) is 36.5 Å². The second-order valence-electron chi connectivity index (χ2n) is 5.30. The van der Waals surface area contributed by atoms with Crippen molar-refractivity contribution in [3.05, 3.63) is 65.9 Å². The van der Waals surface area contributed by atoms with Gasteiger partial charge in [0.15, 0.2) is 0 Å². The van der Waals surface area contributed by atoms with Gasteiger partial charge in [0.05, 0.1) is 11.6 Å². The maximum Gasteiger partial charge on any atom is 0.323 e. The number of benzene rings is 2. The van der Waals surface area contributed by atoms with Gasteiger partial charge in [-0.25, -0.2) is 9.79 Å². The summed E-state index contributed by atoms with van der Waals surface area (Å²) in [5, 5.41) is 14.4. The maximum atomic E-state index is 12.1. The number of urea groups is 1. The molecule has 2 amide bonds. The van der Waals surface area contributed by atoms with E-state index < -0.39 is 0 Å². The number of amides is 2. The molecule has 0 bridgehead atoms. The minimum Gasteiger partial charge on any atom is -0.387 e. The van der Waals surface area contributed by atoms with E-state index in [0.29, 0.717) is 29.2 Å². The molecule has 0 radical (unpaired) electrons. The summed E-state index contributed by atoms with van der Waals surface area (Å²) in [6.45, 7) is 0. The summed E-state index contributed by atoms with van der Waals surface area (Å²) < 4.78 is 0. The van der Waals surface area contributed by atoms with Crippen molar-refractivity contribution in [2.75, 3.05) is 10.6 Å². The number of rotatable bonds is 3. The molecule has 0 aromatic heterocycles. The van der Waals surface area contributed by atoms with Gasteiger partial charge in [-0.05, 0) is 41.5 Å². The van der Waals surface area contributed by atoms with Crippen LogP contribution < -0.4 is 16.4 Å². The van der Waals surface area contributed by atoms with Gasteiger partial charge in [-0.1, -0.05) is 18.2 Å². The van der Waals surface area contributed by atoms with Gasteiger partial charge in [0.25, 0.3) is 0 Å². The summed E-state index contributed by atoms with van der Waals surface area (Å²) in [6.07, 6.45) is 2.35. The third kappa shape index (κ3) is 3.59. The Kier molecular flexibility index (Phi) is 4.25. The van der Waals surface area contributed by atoms with E-state index in [9.17, 15) is 4.79 Å². The number of anilines is 2. The molecule has 4 N–H and O–H groups in total. The normalized spacial score (nSPS) is 12.8. The van der Waals surface area contributed by atoms with Crippen LogP contribution in [0.4, 0.5) is 16.2 Å². The van der Waals surface area contributed by atoms with E-state index in [1.807, 2.05) is 24.3 Å². The van der Waals surface area contributed by atoms with Crippen molar-refractivity contribution < 1.29 is 4.79 Å². The van der Waals surface area contributed by atoms with E-state index in [2.05, 4.69) is 15.6 Å². The quantitative estimate of drug-likeness (QED) is 0.809. The molecule has 0 unspecified atom stereocenters. The lowest BCUT2D eigenvalue weighted by molar-refractivity contribution is 0.262. The Labute approximate surface area is 139 Å². The summed E-state index contributed by atoms with van der Waals surface area (Å²) in [4.78, 5) is 16.2. The van der Waals surface area contributed by atoms with Crippen molar-refractivity contribution in [3.8, 4) is 6.07 Å². The van der Waals surface area contributed by atoms with E-state index in [1.165, 1.54) is 0 Å². The van der Waals surface area contributed by atoms with Gasteiger partial charge < -0.3 is 16.4 Å². The number of hydrogen-bond donors (Lipinski definition) is 3. The second-order valence-corrected chi connectivity index (χ2v) is 5.30. The van der Waals surface area contributed by atoms with Crippen LogP contribution >= 0.6 is 0 Å². The molecule has 2 aromatic rings. The number of nitriles is 1. The van der Waals surface area contributed by atoms with Crippen molar-refractivity contribution in [3.63, 3.8) is 0 Å². The molecule has 24 heavy (non-hydrogen) atoms. The SMILES string of the molecule is N#Cc1cccc(NC(=O)Nc2cccc(C3=CN=C(N)C3)c2)c1. The number of nitrogens with zero attached hydrogens (tertiary/aromatic N) is 2. The molecule has 0 saturated carbocycles. The lowest BCUT2D eigenvalue weighted by atomic mass is 10.0. The number of hydrogen-bond acceptors (Lipinski definition) is 4. The first-order chi connectivity index (χ1) is 11.6. The molecule has 6 heteroatoms. The van der Waals surface area contributed by atoms with Gasteiger partial charge in [0.1, 0.15) is 5.84 Å². The molecular weight excluding hydrogens is 302 g/mol. The Morgan fingerprint density at radius 3 is 2.50 bits per heavy atom. The summed E-state index contributed by atoms with van der Waals surface area (Å²) >= 11 is 0. The Hall–Kier alpha value is -3.59. The Morgan fingerprint density at radius 1 is 1.12 bits per heavy atom. The van der Waals surface area contributed by atoms with Crippen molar-refractivity contribution >= 4 is 28.8 Å². The average Bonchev–Trinajstić information content (AvgIpc) is 3.02. The monoisotopic (exact) mass is 317 g/mol. The van der Waals surface area contributed by atoms with E-state index in [0.717, 1.165) is 11.1 Å². The molecule has 1 aliphatic rings. The number of nitrogens with two attached hydrogens (primary N) is 1. The van der Waals surface area contributed by atoms with Crippen molar-refractivity contribution in [1.29, 1.82) is 5.26 Å². The fourth-order valence-electron chi connectivity index (χ4n) is 2.38. The van der Waals surface area contributed by atoms with Gasteiger partial charge in [-0.3, -0.25) is 0 Å². The van der Waals surface area contributed by atoms with Crippen molar-refractivity contribution in [1.82, 2.24) is 0 Å². The third-order valence-electron chi connectivity index (χ3n) is 3.50. The highest BCUT2D eigenvalue weighted by Gasteiger charge is 2.10. The predicted molar refractivity (Wildman–Crippen MR) is 94.5 cm³/mol. The van der Waals surface area contributed by atoms with Crippen molar-refractivity contribution in [2.24, 2.45) is 10.7 Å². The minimum atomic E-state index is -0.376. The highest BCUT2D eigenvalue weighted by molar-refractivity contribution is 6.00. The lowest BCUT2D eigenvalue weighted by Crippen LogP contribution is -2.19. The number of amidine groups is 1. The molecule has 2 aromatic carbocycles. The first kappa shape index (κ1) is 15.3. The highest BCUT2D eigenvalue weighted by atomic mass is 16.2. The van der Waals surface area contributed by atoms with Crippen LogP contribution in [0.2, 0.25) is 0 Å². The van der Waals surface area contributed by atoms with Gasteiger partial charge in [-0.2, -0.15) is 5.26 Å². The fourth-order valence-corrected chi connectivity index (χ4v) is 2.38. The zero-order valence-electron chi connectivity index (χ0n) is 12.8. The summed E-state index contributed by atoms with van der Waals surface area (Å²) in [6, 6.07) is 15.8. The van der Waals surface area contributed by atoms with Gasteiger partial charge >= 0.3 is 6.03 Å². The van der Waals surface area contributed by atoms with Crippen LogP contribution in [-0.4, -0.2) is 11.9 Å². The Bertz CT molecular complexity index is 892. The van der Waals surface area contributed by atoms with Gasteiger partial charge in [0, 0.05) is 24.0 Å². The lowest BCUT2D eigenvalue weighted by Gasteiger charge is -2.09. The average molecular weight is 317 g/mol. The maximum absolute atomic E-state index is 12.1. The van der Waals surface area contributed by atoms with Crippen molar-refractivity contribution in [2.45, 2.75) is 6.42 Å². The molecule has 0 atom stereocenters. The largest absolute Gasteiger partial charge is 0.387 e. The molecule has 0 spiro atoms. The number of carbonyl (C=O) groups excluding carboxylic acids is 1. The predicted octanol–water partition coefficient (Wildman–Crippen LogP) is 3.30. The van der Waals surface area contributed by atoms with Crippen LogP contribution in [0.1, 0.15) is 17.5 Å². The highest BCUT2D eigenvalue weighted by Crippen LogP contribution is 2.24. The standard InChI is InChI=1S/C18H15N5O/c19-10-12-3-1-5-15(7-12)22-18(24)23-16-6-2-4-13(8-16)14-9-17(20)21-11-14/h1-8,11H,9H2,(H2,20,21)(H2,22,23,24). The van der Waals surface area contributed by atoms with E-state index in [-0.39, 0.29) is 6.03 Å². The van der Waals surface area contributed by atoms with Crippen LogP contribution in [-0.2, 0) is 0 Å². The van der Waals surface area contributed by atoms with Crippen LogP contribution in [0.5, 0.6) is 0 Å². The topological polar surface area (TPSA) is 103 Å². The first-order valence-electron chi connectivity index (χ1n) is 7.34. The zero-order valence-corrected chi connectivity index (χ0v) is 12.8. The molecular formula is C18H15N5O. The molecule has 0 aliphatic carbocycles. The Morgan fingerprint density at radius 2 is 1.83 bits per heavy atom. The molecule has 1 heterocycles. The fraction of sp³-hybridized carbons (Fsp3) is 0.0556. The molecule has 0 saturated heterocycles. The third-order valence-corrected chi connectivity index (χ3v) is 3.50. The first-order valence-corrected chi connectivity index (χ1v) is 7.34. The van der Waals surface area contributed by atoms with E-state index in [4.69, 9.17) is 11.0 Å². The molecule has 118 valence electrons. The van der Waals surface area contributed by atoms with Crippen LogP contribution in [0.25, 0.3) is 5.57 Å². The minimum absolute atomic E-state index is 0.376. The number of aliphatic imine (C=N–C) groups is 1. The molecule has 0 fully saturated rings. The number of carbonyl (C=O) groups is 1. The molecule has 3 rings (SSSR count). The molecule has 1 aliphatic heterocycles. The summed E-state index contributed by atoms with van der Waals surface area (Å²) in [5.74, 6) is 0.582. The molecule has 6 nitrogen and oxygen atoms in total. The van der Waals surface area contributed by atoms with Gasteiger partial charge in [0.2, 0.25) is 0 Å². The van der Waals surface area contributed by atoms with Crippen LogP contribution in [0.3, 0.4) is 0 Å². The Balaban J connectivity index is 1.67. The van der Waals surface area contributed by atoms with Crippen LogP contribution in [0.15, 0.2) is 59.7 Å². The van der Waals surface area contributed by atoms with Gasteiger partial charge in [-0.15, -0.1) is 0 Å². The van der Waals surface area contributed by atoms with Crippen LogP contribution in [0, 0.1) is 11.3 Å². The van der Waals surface area contributed by atoms with E-state index >= 15 is 0 Å². The smallest absolute Gasteiger partial charge is 0.323 e.